The minimum absolute atomic E-state index is 0.0177. The first kappa shape index (κ1) is 19.0. The molecular weight excluding hydrogens is 376 g/mol. The summed E-state index contributed by atoms with van der Waals surface area (Å²) < 4.78 is 5.15. The molecule has 4 heterocycles. The Kier molecular flexibility index (Phi) is 4.93. The van der Waals surface area contributed by atoms with Gasteiger partial charge in [0.05, 0.1) is 24.4 Å². The van der Waals surface area contributed by atoms with E-state index in [2.05, 4.69) is 0 Å². The van der Waals surface area contributed by atoms with E-state index in [1.54, 1.807) is 12.0 Å². The van der Waals surface area contributed by atoms with Crippen molar-refractivity contribution in [2.45, 2.75) is 38.6 Å². The molecule has 4 rings (SSSR count). The summed E-state index contributed by atoms with van der Waals surface area (Å²) in [4.78, 5) is 39.4. The summed E-state index contributed by atoms with van der Waals surface area (Å²) in [5.41, 5.74) is 1.10. The Morgan fingerprint density at radius 1 is 1.39 bits per heavy atom. The highest BCUT2D eigenvalue weighted by Crippen LogP contribution is 2.40. The van der Waals surface area contributed by atoms with Gasteiger partial charge in [0.1, 0.15) is 11.4 Å². The number of nitrogens with zero attached hydrogens (tertiary/aromatic N) is 4. The Balaban J connectivity index is 1.73. The summed E-state index contributed by atoms with van der Waals surface area (Å²) in [6.45, 7) is 5.54. The highest BCUT2D eigenvalue weighted by molar-refractivity contribution is 7.12. The molecule has 148 valence electrons. The van der Waals surface area contributed by atoms with Crippen molar-refractivity contribution in [3.05, 3.63) is 39.5 Å². The van der Waals surface area contributed by atoms with Crippen LogP contribution in [0.5, 0.6) is 0 Å². The maximum absolute atomic E-state index is 13.1. The summed E-state index contributed by atoms with van der Waals surface area (Å²) in [6, 6.07) is 3.74. The zero-order valence-electron chi connectivity index (χ0n) is 16.4. The predicted molar refractivity (Wildman–Crippen MR) is 107 cm³/mol. The van der Waals surface area contributed by atoms with E-state index in [0.717, 1.165) is 29.0 Å². The third kappa shape index (κ3) is 3.00. The minimum atomic E-state index is -0.584. The number of carbonyl (C=O) groups excluding carboxylic acids is 2. The van der Waals surface area contributed by atoms with Crippen molar-refractivity contribution in [3.63, 3.8) is 0 Å². The third-order valence-electron chi connectivity index (χ3n) is 5.70. The number of aryl methyl sites for hydroxylation is 1. The van der Waals surface area contributed by atoms with E-state index >= 15 is 0 Å². The van der Waals surface area contributed by atoms with Crippen LogP contribution in [0, 0.1) is 6.92 Å². The molecule has 0 saturated carbocycles. The first-order valence-electron chi connectivity index (χ1n) is 9.48. The second-order valence-electron chi connectivity index (χ2n) is 7.46. The Morgan fingerprint density at radius 3 is 2.93 bits per heavy atom. The number of anilines is 1. The number of thiophene rings is 1. The molecule has 2 aromatic rings. The van der Waals surface area contributed by atoms with E-state index in [0.29, 0.717) is 37.8 Å². The first-order chi connectivity index (χ1) is 13.5. The fraction of sp³-hybridized carbons (Fsp3) is 0.500. The Morgan fingerprint density at radius 2 is 2.21 bits per heavy atom. The van der Waals surface area contributed by atoms with Gasteiger partial charge in [-0.1, -0.05) is 6.07 Å². The Labute approximate surface area is 168 Å². The largest absolute Gasteiger partial charge is 0.383 e. The number of amides is 2. The molecule has 1 fully saturated rings. The van der Waals surface area contributed by atoms with Crippen LogP contribution in [0.15, 0.2) is 17.5 Å². The molecular formula is C20H24N4O3S. The summed E-state index contributed by atoms with van der Waals surface area (Å²) in [7, 11) is 1.62. The maximum atomic E-state index is 13.1. The number of ether oxygens (including phenoxy) is 1. The highest BCUT2D eigenvalue weighted by atomic mass is 32.1. The quantitative estimate of drug-likeness (QED) is 0.771. The summed E-state index contributed by atoms with van der Waals surface area (Å²) in [6.07, 6.45) is 2.02. The molecule has 2 aliphatic rings. The van der Waals surface area contributed by atoms with E-state index in [9.17, 15) is 9.59 Å². The standard InChI is InChI=1S/C20H24N4O3S/c1-13-14-12-16(25)23(9-10-27-3)17(14)22-19(21-13)20(2)7-5-8-24(20)18(26)15-6-4-11-28-15/h4,6,11H,5,7-10,12H2,1-3H3/t20-/m1/s1. The highest BCUT2D eigenvalue weighted by Gasteiger charge is 2.45. The van der Waals surface area contributed by atoms with Gasteiger partial charge in [0.2, 0.25) is 5.91 Å². The number of carbonyl (C=O) groups is 2. The molecule has 0 spiro atoms. The first-order valence-corrected chi connectivity index (χ1v) is 10.4. The Hall–Kier alpha value is -2.32. The van der Waals surface area contributed by atoms with Gasteiger partial charge in [-0.2, -0.15) is 0 Å². The van der Waals surface area contributed by atoms with Gasteiger partial charge in [0.15, 0.2) is 5.82 Å². The van der Waals surface area contributed by atoms with Crippen LogP contribution in [-0.4, -0.2) is 53.5 Å². The number of rotatable bonds is 5. The van der Waals surface area contributed by atoms with Gasteiger partial charge in [0, 0.05) is 24.9 Å². The number of hydrogen-bond donors (Lipinski definition) is 0. The van der Waals surface area contributed by atoms with Crippen LogP contribution in [0.1, 0.15) is 46.5 Å². The monoisotopic (exact) mass is 400 g/mol. The fourth-order valence-electron chi connectivity index (χ4n) is 4.08. The molecule has 2 aliphatic heterocycles. The van der Waals surface area contributed by atoms with Crippen LogP contribution >= 0.6 is 11.3 Å². The SMILES string of the molecule is COCCN1C(=O)Cc2c(C)nc([C@@]3(C)CCCN3C(=O)c3cccs3)nc21. The van der Waals surface area contributed by atoms with E-state index in [1.807, 2.05) is 36.3 Å². The Bertz CT molecular complexity index is 914. The topological polar surface area (TPSA) is 75.6 Å². The molecule has 0 bridgehead atoms. The van der Waals surface area contributed by atoms with Gasteiger partial charge in [-0.15, -0.1) is 11.3 Å². The lowest BCUT2D eigenvalue weighted by Crippen LogP contribution is -2.44. The molecule has 2 amide bonds. The van der Waals surface area contributed by atoms with Crippen molar-refractivity contribution in [3.8, 4) is 0 Å². The second kappa shape index (κ2) is 7.25. The van der Waals surface area contributed by atoms with Crippen molar-refractivity contribution < 1.29 is 14.3 Å². The van der Waals surface area contributed by atoms with Crippen LogP contribution in [-0.2, 0) is 21.5 Å². The molecule has 0 aliphatic carbocycles. The lowest BCUT2D eigenvalue weighted by molar-refractivity contribution is -0.117. The van der Waals surface area contributed by atoms with E-state index in [4.69, 9.17) is 14.7 Å². The molecule has 8 heteroatoms. The molecule has 0 aromatic carbocycles. The molecule has 28 heavy (non-hydrogen) atoms. The van der Waals surface area contributed by atoms with Crippen LogP contribution in [0.2, 0.25) is 0 Å². The maximum Gasteiger partial charge on any atom is 0.264 e. The summed E-state index contributed by atoms with van der Waals surface area (Å²) >= 11 is 1.45. The minimum Gasteiger partial charge on any atom is -0.383 e. The lowest BCUT2D eigenvalue weighted by atomic mass is 9.96. The van der Waals surface area contributed by atoms with Crippen LogP contribution in [0.25, 0.3) is 0 Å². The van der Waals surface area contributed by atoms with Crippen molar-refractivity contribution in [1.82, 2.24) is 14.9 Å². The molecule has 7 nitrogen and oxygen atoms in total. The van der Waals surface area contributed by atoms with Crippen LogP contribution in [0.4, 0.5) is 5.82 Å². The van der Waals surface area contributed by atoms with Crippen molar-refractivity contribution in [2.24, 2.45) is 0 Å². The zero-order valence-corrected chi connectivity index (χ0v) is 17.2. The van der Waals surface area contributed by atoms with Crippen molar-refractivity contribution >= 4 is 29.0 Å². The lowest BCUT2D eigenvalue weighted by Gasteiger charge is -2.34. The normalized spacial score (nSPS) is 21.5. The third-order valence-corrected chi connectivity index (χ3v) is 6.55. The number of hydrogen-bond acceptors (Lipinski definition) is 6. The van der Waals surface area contributed by atoms with Gasteiger partial charge in [-0.25, -0.2) is 9.97 Å². The van der Waals surface area contributed by atoms with Crippen LogP contribution < -0.4 is 4.90 Å². The molecule has 1 saturated heterocycles. The van der Waals surface area contributed by atoms with E-state index in [1.165, 1.54) is 11.3 Å². The van der Waals surface area contributed by atoms with E-state index in [-0.39, 0.29) is 11.8 Å². The van der Waals surface area contributed by atoms with Gasteiger partial charge in [-0.3, -0.25) is 14.5 Å². The number of methoxy groups -OCH3 is 1. The van der Waals surface area contributed by atoms with Gasteiger partial charge in [-0.05, 0) is 38.1 Å². The number of aromatic nitrogens is 2. The van der Waals surface area contributed by atoms with Gasteiger partial charge in [0.25, 0.3) is 5.91 Å². The van der Waals surface area contributed by atoms with Crippen LogP contribution in [0.3, 0.4) is 0 Å². The summed E-state index contributed by atoms with van der Waals surface area (Å²) in [5.74, 6) is 1.32. The number of fused-ring (bicyclic) bond motifs is 1. The molecule has 1 atom stereocenters. The molecule has 0 unspecified atom stereocenters. The van der Waals surface area contributed by atoms with Crippen molar-refractivity contribution in [2.75, 3.05) is 31.7 Å². The molecule has 2 aromatic heterocycles. The van der Waals surface area contributed by atoms with Gasteiger partial charge >= 0.3 is 0 Å². The summed E-state index contributed by atoms with van der Waals surface area (Å²) in [5, 5.41) is 1.91. The number of likely N-dealkylation sites (tertiary alicyclic amines) is 1. The predicted octanol–water partition coefficient (Wildman–Crippen LogP) is 2.53. The average Bonchev–Trinajstić information content (AvgIpc) is 3.39. The fourth-order valence-corrected chi connectivity index (χ4v) is 4.76. The smallest absolute Gasteiger partial charge is 0.264 e. The molecule has 0 N–H and O–H groups in total. The molecule has 0 radical (unpaired) electrons. The van der Waals surface area contributed by atoms with Gasteiger partial charge < -0.3 is 9.64 Å². The second-order valence-corrected chi connectivity index (χ2v) is 8.41. The van der Waals surface area contributed by atoms with E-state index < -0.39 is 5.54 Å². The average molecular weight is 401 g/mol. The zero-order chi connectivity index (χ0) is 19.9. The van der Waals surface area contributed by atoms with Crippen molar-refractivity contribution in [1.29, 1.82) is 0 Å².